The summed E-state index contributed by atoms with van der Waals surface area (Å²) in [4.78, 5) is 27.6. The summed E-state index contributed by atoms with van der Waals surface area (Å²) in [5.74, 6) is -0.755. The standard InChI is InChI=1S/C30H26FN3O2/c31-26-13-14-28(27(32)18-26)33-29(35)23-11-7-20(8-12-23)19-34-15-3-6-25(30(34)36)17-21-9-10-22-4-1-2-5-24(22)16-21/h1-2,4-5,7-14,16-18H,3,6,15,19,32H2,(H,33,35)/b25-17+. The van der Waals surface area contributed by atoms with Crippen LogP contribution in [0.3, 0.4) is 0 Å². The number of carbonyl (C=O) groups is 2. The van der Waals surface area contributed by atoms with Crippen LogP contribution in [0, 0.1) is 5.82 Å². The second-order valence-electron chi connectivity index (χ2n) is 8.99. The number of likely N-dealkylation sites (tertiary alicyclic amines) is 1. The van der Waals surface area contributed by atoms with Gasteiger partial charge in [-0.15, -0.1) is 0 Å². The van der Waals surface area contributed by atoms with Crippen LogP contribution < -0.4 is 11.1 Å². The van der Waals surface area contributed by atoms with Gasteiger partial charge in [-0.1, -0.05) is 48.5 Å². The number of piperidine rings is 1. The zero-order valence-electron chi connectivity index (χ0n) is 19.7. The number of amides is 2. The van der Waals surface area contributed by atoms with E-state index in [2.05, 4.69) is 29.6 Å². The van der Waals surface area contributed by atoms with E-state index in [1.807, 2.05) is 41.3 Å². The normalized spacial score (nSPS) is 14.9. The smallest absolute Gasteiger partial charge is 0.255 e. The van der Waals surface area contributed by atoms with Crippen LogP contribution in [-0.4, -0.2) is 23.3 Å². The molecule has 6 heteroatoms. The lowest BCUT2D eigenvalue weighted by molar-refractivity contribution is -0.129. The third-order valence-electron chi connectivity index (χ3n) is 6.40. The fraction of sp³-hybridized carbons (Fsp3) is 0.133. The van der Waals surface area contributed by atoms with E-state index in [4.69, 9.17) is 5.73 Å². The molecule has 1 aliphatic rings. The summed E-state index contributed by atoms with van der Waals surface area (Å²) in [6.07, 6.45) is 3.66. The molecule has 1 fully saturated rings. The van der Waals surface area contributed by atoms with Gasteiger partial charge < -0.3 is 16.0 Å². The van der Waals surface area contributed by atoms with E-state index in [-0.39, 0.29) is 17.5 Å². The van der Waals surface area contributed by atoms with Crippen molar-refractivity contribution >= 4 is 40.0 Å². The first-order valence-corrected chi connectivity index (χ1v) is 11.9. The Morgan fingerprint density at radius 1 is 0.972 bits per heavy atom. The molecule has 0 saturated carbocycles. The Labute approximate surface area is 209 Å². The molecule has 0 aromatic heterocycles. The van der Waals surface area contributed by atoms with Crippen molar-refractivity contribution in [1.82, 2.24) is 4.90 Å². The third-order valence-corrected chi connectivity index (χ3v) is 6.40. The lowest BCUT2D eigenvalue weighted by Gasteiger charge is -2.28. The summed E-state index contributed by atoms with van der Waals surface area (Å²) in [5, 5.41) is 5.03. The molecule has 1 aliphatic heterocycles. The highest BCUT2D eigenvalue weighted by atomic mass is 19.1. The minimum absolute atomic E-state index is 0.0445. The summed E-state index contributed by atoms with van der Waals surface area (Å²) >= 11 is 0. The summed E-state index contributed by atoms with van der Waals surface area (Å²) in [6, 6.07) is 25.4. The number of halogens is 1. The number of anilines is 2. The van der Waals surface area contributed by atoms with Crippen LogP contribution in [0.2, 0.25) is 0 Å². The Balaban J connectivity index is 1.26. The van der Waals surface area contributed by atoms with Gasteiger partial charge in [0.2, 0.25) is 5.91 Å². The van der Waals surface area contributed by atoms with Crippen molar-refractivity contribution in [3.63, 3.8) is 0 Å². The fourth-order valence-corrected chi connectivity index (χ4v) is 4.48. The van der Waals surface area contributed by atoms with Gasteiger partial charge in [-0.3, -0.25) is 9.59 Å². The minimum atomic E-state index is -0.461. The number of nitrogen functional groups attached to an aromatic ring is 1. The SMILES string of the molecule is Nc1cc(F)ccc1NC(=O)c1ccc(CN2CCC/C(=C\c3ccc4ccccc4c3)C2=O)cc1. The molecular weight excluding hydrogens is 453 g/mol. The molecule has 5 nitrogen and oxygen atoms in total. The van der Waals surface area contributed by atoms with E-state index in [0.29, 0.717) is 24.3 Å². The van der Waals surface area contributed by atoms with Gasteiger partial charge in [-0.05, 0) is 77.2 Å². The van der Waals surface area contributed by atoms with Crippen LogP contribution in [0.15, 0.2) is 90.5 Å². The molecule has 0 aliphatic carbocycles. The molecule has 1 heterocycles. The molecule has 4 aromatic carbocycles. The number of fused-ring (bicyclic) bond motifs is 1. The van der Waals surface area contributed by atoms with Gasteiger partial charge in [0.05, 0.1) is 11.4 Å². The molecule has 0 atom stereocenters. The van der Waals surface area contributed by atoms with Gasteiger partial charge in [-0.25, -0.2) is 4.39 Å². The maximum absolute atomic E-state index is 13.2. The van der Waals surface area contributed by atoms with E-state index in [9.17, 15) is 14.0 Å². The van der Waals surface area contributed by atoms with Gasteiger partial charge in [0.25, 0.3) is 5.91 Å². The zero-order valence-corrected chi connectivity index (χ0v) is 19.7. The van der Waals surface area contributed by atoms with Crippen molar-refractivity contribution in [2.45, 2.75) is 19.4 Å². The van der Waals surface area contributed by atoms with E-state index >= 15 is 0 Å². The lowest BCUT2D eigenvalue weighted by Crippen LogP contribution is -2.36. The first-order chi connectivity index (χ1) is 17.5. The Morgan fingerprint density at radius 2 is 1.75 bits per heavy atom. The molecule has 5 rings (SSSR count). The maximum atomic E-state index is 13.2. The second kappa shape index (κ2) is 10.0. The van der Waals surface area contributed by atoms with Crippen molar-refractivity contribution in [2.24, 2.45) is 0 Å². The van der Waals surface area contributed by atoms with Gasteiger partial charge >= 0.3 is 0 Å². The van der Waals surface area contributed by atoms with Crippen molar-refractivity contribution in [1.29, 1.82) is 0 Å². The lowest BCUT2D eigenvalue weighted by atomic mass is 9.99. The third kappa shape index (κ3) is 5.13. The average Bonchev–Trinajstić information content (AvgIpc) is 2.88. The van der Waals surface area contributed by atoms with Crippen LogP contribution >= 0.6 is 0 Å². The molecule has 180 valence electrons. The fourth-order valence-electron chi connectivity index (χ4n) is 4.48. The van der Waals surface area contributed by atoms with Crippen LogP contribution in [0.5, 0.6) is 0 Å². The summed E-state index contributed by atoms with van der Waals surface area (Å²) in [5.41, 5.74) is 9.52. The van der Waals surface area contributed by atoms with Gasteiger partial charge in [0.1, 0.15) is 5.82 Å². The highest BCUT2D eigenvalue weighted by molar-refractivity contribution is 6.05. The van der Waals surface area contributed by atoms with Crippen molar-refractivity contribution in [2.75, 3.05) is 17.6 Å². The van der Waals surface area contributed by atoms with Crippen LogP contribution in [0.25, 0.3) is 16.8 Å². The predicted octanol–water partition coefficient (Wildman–Crippen LogP) is 6.02. The number of rotatable bonds is 5. The minimum Gasteiger partial charge on any atom is -0.397 e. The number of carbonyl (C=O) groups excluding carboxylic acids is 2. The van der Waals surface area contributed by atoms with Crippen molar-refractivity contribution in [3.8, 4) is 0 Å². The quantitative estimate of drug-likeness (QED) is 0.272. The van der Waals surface area contributed by atoms with Crippen molar-refractivity contribution < 1.29 is 14.0 Å². The molecule has 36 heavy (non-hydrogen) atoms. The first-order valence-electron chi connectivity index (χ1n) is 11.9. The molecule has 2 amide bonds. The molecule has 0 bridgehead atoms. The Bertz CT molecular complexity index is 1480. The van der Waals surface area contributed by atoms with Crippen molar-refractivity contribution in [3.05, 3.63) is 113 Å². The van der Waals surface area contributed by atoms with Crippen LogP contribution in [0.4, 0.5) is 15.8 Å². The zero-order chi connectivity index (χ0) is 25.1. The highest BCUT2D eigenvalue weighted by Gasteiger charge is 2.23. The topological polar surface area (TPSA) is 75.4 Å². The number of nitrogens with zero attached hydrogens (tertiary/aromatic N) is 1. The molecule has 0 unspecified atom stereocenters. The van der Waals surface area contributed by atoms with E-state index in [1.54, 1.807) is 12.1 Å². The second-order valence-corrected chi connectivity index (χ2v) is 8.99. The van der Waals surface area contributed by atoms with Gasteiger partial charge in [-0.2, -0.15) is 0 Å². The first kappa shape index (κ1) is 23.3. The number of nitrogens with one attached hydrogen (secondary N) is 1. The van der Waals surface area contributed by atoms with Gasteiger partial charge in [0, 0.05) is 24.2 Å². The Kier molecular flexibility index (Phi) is 6.50. The highest BCUT2D eigenvalue weighted by Crippen LogP contribution is 2.24. The summed E-state index contributed by atoms with van der Waals surface area (Å²) in [7, 11) is 0. The average molecular weight is 480 g/mol. The largest absolute Gasteiger partial charge is 0.397 e. The van der Waals surface area contributed by atoms with Gasteiger partial charge in [0.15, 0.2) is 0 Å². The number of hydrogen-bond donors (Lipinski definition) is 2. The van der Waals surface area contributed by atoms with Crippen LogP contribution in [0.1, 0.15) is 34.3 Å². The Hall–Kier alpha value is -4.45. The molecule has 0 spiro atoms. The molecule has 3 N–H and O–H groups in total. The monoisotopic (exact) mass is 479 g/mol. The number of hydrogen-bond acceptors (Lipinski definition) is 3. The summed E-state index contributed by atoms with van der Waals surface area (Å²) < 4.78 is 13.2. The molecule has 0 radical (unpaired) electrons. The van der Waals surface area contributed by atoms with E-state index in [0.717, 1.165) is 41.0 Å². The Morgan fingerprint density at radius 3 is 2.53 bits per heavy atom. The number of nitrogens with two attached hydrogens (primary N) is 1. The maximum Gasteiger partial charge on any atom is 0.255 e. The number of benzene rings is 4. The molecular formula is C30H26FN3O2. The molecule has 1 saturated heterocycles. The molecule has 4 aromatic rings. The van der Waals surface area contributed by atoms with E-state index in [1.165, 1.54) is 17.5 Å². The van der Waals surface area contributed by atoms with Crippen LogP contribution in [-0.2, 0) is 11.3 Å². The predicted molar refractivity (Wildman–Crippen MR) is 142 cm³/mol. The van der Waals surface area contributed by atoms with E-state index < -0.39 is 5.82 Å². The summed E-state index contributed by atoms with van der Waals surface area (Å²) in [6.45, 7) is 1.17.